The fourth-order valence-corrected chi connectivity index (χ4v) is 2.68. The summed E-state index contributed by atoms with van der Waals surface area (Å²) in [6, 6.07) is 1.52. The van der Waals surface area contributed by atoms with E-state index < -0.39 is 42.2 Å². The fraction of sp³-hybridized carbons (Fsp3) is 0.389. The Morgan fingerprint density at radius 1 is 1.13 bits per heavy atom. The van der Waals surface area contributed by atoms with E-state index in [0.717, 1.165) is 6.07 Å². The Labute approximate surface area is 173 Å². The first kappa shape index (κ1) is 22.2. The van der Waals surface area contributed by atoms with Crippen molar-refractivity contribution in [2.75, 3.05) is 5.32 Å². The van der Waals surface area contributed by atoms with Crippen molar-refractivity contribution in [2.24, 2.45) is 0 Å². The van der Waals surface area contributed by atoms with Crippen LogP contribution in [-0.4, -0.2) is 42.4 Å². The maximum atomic E-state index is 13.3. The molecule has 0 aliphatic rings. The summed E-state index contributed by atoms with van der Waals surface area (Å²) in [4.78, 5) is 28.5. The number of esters is 1. The molecule has 3 heterocycles. The molecule has 0 bridgehead atoms. The Bertz CT molecular complexity index is 1130. The lowest BCUT2D eigenvalue weighted by molar-refractivity contribution is 0.0371. The Morgan fingerprint density at radius 2 is 1.84 bits per heavy atom. The SMILES string of the molecule is CCn1cc(NC(=O)c2cc3nc(C(F)F)cc(C(F)F)n3n2)c(C(=O)OC(C)C)n1. The number of amides is 1. The number of halogens is 4. The molecular formula is C18H18F4N6O3. The van der Waals surface area contributed by atoms with Gasteiger partial charge in [0.05, 0.1) is 11.8 Å². The topological polar surface area (TPSA) is 103 Å². The normalized spacial score (nSPS) is 11.7. The Balaban J connectivity index is 1.96. The van der Waals surface area contributed by atoms with E-state index in [-0.39, 0.29) is 22.7 Å². The van der Waals surface area contributed by atoms with Gasteiger partial charge in [-0.3, -0.25) is 9.48 Å². The van der Waals surface area contributed by atoms with Crippen LogP contribution in [-0.2, 0) is 11.3 Å². The van der Waals surface area contributed by atoms with Gasteiger partial charge < -0.3 is 10.1 Å². The smallest absolute Gasteiger partial charge is 0.361 e. The Morgan fingerprint density at radius 3 is 2.42 bits per heavy atom. The number of anilines is 1. The lowest BCUT2D eigenvalue weighted by atomic mass is 10.3. The van der Waals surface area contributed by atoms with Crippen molar-refractivity contribution in [3.63, 3.8) is 0 Å². The summed E-state index contributed by atoms with van der Waals surface area (Å²) in [5.41, 5.74) is -2.55. The first-order valence-corrected chi connectivity index (χ1v) is 9.17. The molecule has 0 unspecified atom stereocenters. The molecule has 1 amide bonds. The largest absolute Gasteiger partial charge is 0.458 e. The number of carbonyl (C=O) groups excluding carboxylic acids is 2. The summed E-state index contributed by atoms with van der Waals surface area (Å²) in [5, 5.41) is 10.2. The van der Waals surface area contributed by atoms with Gasteiger partial charge in [0.25, 0.3) is 18.8 Å². The molecule has 0 radical (unpaired) electrons. The van der Waals surface area contributed by atoms with Crippen LogP contribution >= 0.6 is 0 Å². The maximum absolute atomic E-state index is 13.3. The third-order valence-electron chi connectivity index (χ3n) is 4.02. The number of alkyl halides is 4. The first-order valence-electron chi connectivity index (χ1n) is 9.17. The molecule has 9 nitrogen and oxygen atoms in total. The third kappa shape index (κ3) is 4.64. The molecule has 166 valence electrons. The quantitative estimate of drug-likeness (QED) is 0.443. The second-order valence-corrected chi connectivity index (χ2v) is 6.66. The van der Waals surface area contributed by atoms with Gasteiger partial charge in [0.1, 0.15) is 11.4 Å². The van der Waals surface area contributed by atoms with Gasteiger partial charge >= 0.3 is 5.97 Å². The number of hydrogen-bond donors (Lipinski definition) is 1. The zero-order valence-electron chi connectivity index (χ0n) is 16.6. The van der Waals surface area contributed by atoms with Crippen LogP contribution in [0.15, 0.2) is 18.3 Å². The molecule has 3 aromatic rings. The first-order chi connectivity index (χ1) is 14.6. The van der Waals surface area contributed by atoms with Gasteiger partial charge in [-0.05, 0) is 26.8 Å². The summed E-state index contributed by atoms with van der Waals surface area (Å²) in [7, 11) is 0. The molecular weight excluding hydrogens is 424 g/mol. The van der Waals surface area contributed by atoms with Crippen molar-refractivity contribution in [3.8, 4) is 0 Å². The molecule has 0 aliphatic heterocycles. The summed E-state index contributed by atoms with van der Waals surface area (Å²) in [5.74, 6) is -1.64. The van der Waals surface area contributed by atoms with Gasteiger partial charge in [-0.2, -0.15) is 10.2 Å². The number of aromatic nitrogens is 5. The molecule has 1 N–H and O–H groups in total. The van der Waals surface area contributed by atoms with Gasteiger partial charge in [-0.25, -0.2) is 31.9 Å². The van der Waals surface area contributed by atoms with Gasteiger partial charge in [0.2, 0.25) is 0 Å². The van der Waals surface area contributed by atoms with Crippen LogP contribution in [0.4, 0.5) is 23.2 Å². The minimum absolute atomic E-state index is 0.0184. The standard InChI is InChI=1S/C18H18F4N6O3/c1-4-27-7-11(14(26-27)18(30)31-8(2)3)24-17(29)10-6-13-23-9(15(19)20)5-12(16(21)22)28(13)25-10/h5-8,15-16H,4H2,1-3H3,(H,24,29). The average molecular weight is 442 g/mol. The van der Waals surface area contributed by atoms with Crippen molar-refractivity contribution in [3.05, 3.63) is 41.1 Å². The Hall–Kier alpha value is -3.51. The highest BCUT2D eigenvalue weighted by Gasteiger charge is 2.24. The minimum Gasteiger partial charge on any atom is -0.458 e. The van der Waals surface area contributed by atoms with Crippen molar-refractivity contribution < 1.29 is 31.9 Å². The average Bonchev–Trinajstić information content (AvgIpc) is 3.30. The van der Waals surface area contributed by atoms with E-state index in [1.807, 2.05) is 0 Å². The van der Waals surface area contributed by atoms with Gasteiger partial charge in [0.15, 0.2) is 17.0 Å². The molecule has 0 fully saturated rings. The number of nitrogens with zero attached hydrogens (tertiary/aromatic N) is 5. The lowest BCUT2D eigenvalue weighted by Crippen LogP contribution is -2.17. The number of ether oxygens (including phenoxy) is 1. The highest BCUT2D eigenvalue weighted by atomic mass is 19.3. The van der Waals surface area contributed by atoms with E-state index in [0.29, 0.717) is 17.1 Å². The monoisotopic (exact) mass is 442 g/mol. The third-order valence-corrected chi connectivity index (χ3v) is 4.02. The van der Waals surface area contributed by atoms with E-state index in [4.69, 9.17) is 4.74 Å². The lowest BCUT2D eigenvalue weighted by Gasteiger charge is -2.07. The molecule has 3 rings (SSSR count). The predicted octanol–water partition coefficient (Wildman–Crippen LogP) is 3.64. The molecule has 31 heavy (non-hydrogen) atoms. The van der Waals surface area contributed by atoms with Crippen molar-refractivity contribution in [1.29, 1.82) is 0 Å². The predicted molar refractivity (Wildman–Crippen MR) is 99.3 cm³/mol. The molecule has 0 atom stereocenters. The van der Waals surface area contributed by atoms with E-state index in [1.165, 1.54) is 10.9 Å². The van der Waals surface area contributed by atoms with Crippen molar-refractivity contribution in [1.82, 2.24) is 24.4 Å². The van der Waals surface area contributed by atoms with Crippen LogP contribution in [0.25, 0.3) is 5.65 Å². The molecule has 3 aromatic heterocycles. The van der Waals surface area contributed by atoms with E-state index >= 15 is 0 Å². The number of carbonyl (C=O) groups is 2. The second-order valence-electron chi connectivity index (χ2n) is 6.66. The number of rotatable bonds is 7. The molecule has 0 saturated carbocycles. The Kier molecular flexibility index (Phi) is 6.22. The summed E-state index contributed by atoms with van der Waals surface area (Å²) < 4.78 is 59.6. The molecule has 0 aromatic carbocycles. The van der Waals surface area contributed by atoms with Crippen LogP contribution in [0.2, 0.25) is 0 Å². The maximum Gasteiger partial charge on any atom is 0.361 e. The molecule has 0 aliphatic carbocycles. The van der Waals surface area contributed by atoms with Crippen LogP contribution in [0.1, 0.15) is 66.0 Å². The van der Waals surface area contributed by atoms with E-state index in [9.17, 15) is 27.2 Å². The zero-order chi connectivity index (χ0) is 22.9. The van der Waals surface area contributed by atoms with E-state index in [1.54, 1.807) is 20.8 Å². The summed E-state index contributed by atoms with van der Waals surface area (Å²) in [6.45, 7) is 5.44. The van der Waals surface area contributed by atoms with Crippen LogP contribution in [0.5, 0.6) is 0 Å². The molecule has 0 saturated heterocycles. The van der Waals surface area contributed by atoms with Crippen LogP contribution in [0, 0.1) is 0 Å². The van der Waals surface area contributed by atoms with Crippen LogP contribution in [0.3, 0.4) is 0 Å². The van der Waals surface area contributed by atoms with Gasteiger partial charge in [-0.1, -0.05) is 0 Å². The second kappa shape index (κ2) is 8.70. The summed E-state index contributed by atoms with van der Waals surface area (Å²) >= 11 is 0. The fourth-order valence-electron chi connectivity index (χ4n) is 2.68. The van der Waals surface area contributed by atoms with Crippen molar-refractivity contribution in [2.45, 2.75) is 46.3 Å². The van der Waals surface area contributed by atoms with Crippen LogP contribution < -0.4 is 5.32 Å². The molecule has 0 spiro atoms. The van der Waals surface area contributed by atoms with E-state index in [2.05, 4.69) is 20.5 Å². The van der Waals surface area contributed by atoms with Gasteiger partial charge in [-0.15, -0.1) is 0 Å². The molecule has 13 heteroatoms. The number of nitrogens with one attached hydrogen (secondary N) is 1. The number of fused-ring (bicyclic) bond motifs is 1. The van der Waals surface area contributed by atoms with Gasteiger partial charge in [0, 0.05) is 18.8 Å². The van der Waals surface area contributed by atoms with Crippen molar-refractivity contribution >= 4 is 23.2 Å². The number of aryl methyl sites for hydroxylation is 1. The minimum atomic E-state index is -3.13. The number of hydrogen-bond acceptors (Lipinski definition) is 6. The zero-order valence-corrected chi connectivity index (χ0v) is 16.6. The highest BCUT2D eigenvalue weighted by Crippen LogP contribution is 2.26. The summed E-state index contributed by atoms with van der Waals surface area (Å²) in [6.07, 6.45) is -5.24. The highest BCUT2D eigenvalue weighted by molar-refractivity contribution is 6.06.